The molecule has 1 amide bonds. The third-order valence-electron chi connectivity index (χ3n) is 2.46. The highest BCUT2D eigenvalue weighted by Crippen LogP contribution is 2.17. The first kappa shape index (κ1) is 9.65. The molecule has 0 bridgehead atoms. The van der Waals surface area contributed by atoms with E-state index < -0.39 is 0 Å². The summed E-state index contributed by atoms with van der Waals surface area (Å²) in [5.74, 6) is 0.203. The molecule has 0 aliphatic carbocycles. The normalized spacial score (nSPS) is 16.8. The molecule has 4 heteroatoms. The van der Waals surface area contributed by atoms with E-state index in [1.165, 1.54) is 0 Å². The summed E-state index contributed by atoms with van der Waals surface area (Å²) in [7, 11) is 0. The van der Waals surface area contributed by atoms with E-state index in [-0.39, 0.29) is 18.5 Å². The van der Waals surface area contributed by atoms with Crippen molar-refractivity contribution in [3.63, 3.8) is 0 Å². The minimum absolute atomic E-state index is 0.0847. The largest absolute Gasteiger partial charge is 0.342 e. The second kappa shape index (κ2) is 4.09. The number of rotatable bonds is 3. The van der Waals surface area contributed by atoms with Gasteiger partial charge in [0.25, 0.3) is 0 Å². The Balaban J connectivity index is 1.80. The molecule has 0 unspecified atom stereocenters. The average molecular weight is 213 g/mol. The zero-order valence-corrected chi connectivity index (χ0v) is 8.60. The monoisotopic (exact) mass is 213 g/mol. The minimum atomic E-state index is -0.303. The smallest absolute Gasteiger partial charge is 0.227 e. The van der Waals surface area contributed by atoms with Gasteiger partial charge in [-0.1, -0.05) is 0 Å². The van der Waals surface area contributed by atoms with Gasteiger partial charge < -0.3 is 4.90 Å². The molecule has 76 valence electrons. The first-order valence-corrected chi connectivity index (χ1v) is 5.58. The lowest BCUT2D eigenvalue weighted by Gasteiger charge is -2.37. The second-order valence-corrected chi connectivity index (χ2v) is 4.41. The Morgan fingerprint density at radius 1 is 1.64 bits per heavy atom. The summed E-state index contributed by atoms with van der Waals surface area (Å²) in [4.78, 5) is 13.3. The SMILES string of the molecule is O=C(Cc1ccsc1)N1CC(CF)C1. The van der Waals surface area contributed by atoms with Crippen LogP contribution in [0.5, 0.6) is 0 Å². The Morgan fingerprint density at radius 3 is 3.00 bits per heavy atom. The average Bonchev–Trinajstić information content (AvgIpc) is 2.54. The van der Waals surface area contributed by atoms with Crippen LogP contribution in [0.1, 0.15) is 5.56 Å². The van der Waals surface area contributed by atoms with Crippen LogP contribution in [0, 0.1) is 5.92 Å². The van der Waals surface area contributed by atoms with Gasteiger partial charge in [0, 0.05) is 19.0 Å². The van der Waals surface area contributed by atoms with Crippen LogP contribution in [0.4, 0.5) is 4.39 Å². The van der Waals surface area contributed by atoms with Gasteiger partial charge in [0.15, 0.2) is 0 Å². The number of carbonyl (C=O) groups is 1. The number of thiophene rings is 1. The Morgan fingerprint density at radius 2 is 2.43 bits per heavy atom. The molecule has 1 saturated heterocycles. The molecule has 0 aromatic carbocycles. The summed E-state index contributed by atoms with van der Waals surface area (Å²) in [6.45, 7) is 0.890. The maximum absolute atomic E-state index is 12.1. The van der Waals surface area contributed by atoms with Gasteiger partial charge in [0.05, 0.1) is 13.1 Å². The molecule has 0 N–H and O–H groups in total. The standard InChI is InChI=1S/C10H12FNOS/c11-4-9-5-12(6-9)10(13)3-8-1-2-14-7-8/h1-2,7,9H,3-6H2. The molecule has 14 heavy (non-hydrogen) atoms. The molecule has 1 fully saturated rings. The molecule has 0 radical (unpaired) electrons. The number of alkyl halides is 1. The van der Waals surface area contributed by atoms with Crippen molar-refractivity contribution in [1.82, 2.24) is 4.90 Å². The Kier molecular flexibility index (Phi) is 2.82. The second-order valence-electron chi connectivity index (χ2n) is 3.63. The van der Waals surface area contributed by atoms with Crippen molar-refractivity contribution >= 4 is 17.2 Å². The Hall–Kier alpha value is -0.900. The predicted molar refractivity (Wildman–Crippen MR) is 54.1 cm³/mol. The van der Waals surface area contributed by atoms with Gasteiger partial charge in [-0.25, -0.2) is 0 Å². The van der Waals surface area contributed by atoms with Crippen LogP contribution in [0.25, 0.3) is 0 Å². The van der Waals surface area contributed by atoms with Crippen molar-refractivity contribution in [2.24, 2.45) is 5.92 Å². The van der Waals surface area contributed by atoms with Crippen LogP contribution in [-0.4, -0.2) is 30.6 Å². The summed E-state index contributed by atoms with van der Waals surface area (Å²) in [6.07, 6.45) is 0.461. The van der Waals surface area contributed by atoms with E-state index in [4.69, 9.17) is 0 Å². The molecule has 0 spiro atoms. The highest BCUT2D eigenvalue weighted by atomic mass is 32.1. The fraction of sp³-hybridized carbons (Fsp3) is 0.500. The van der Waals surface area contributed by atoms with Crippen molar-refractivity contribution in [1.29, 1.82) is 0 Å². The lowest BCUT2D eigenvalue weighted by molar-refractivity contribution is -0.137. The van der Waals surface area contributed by atoms with Crippen molar-refractivity contribution in [2.75, 3.05) is 19.8 Å². The van der Waals surface area contributed by atoms with Crippen molar-refractivity contribution < 1.29 is 9.18 Å². The van der Waals surface area contributed by atoms with E-state index in [0.29, 0.717) is 19.5 Å². The van der Waals surface area contributed by atoms with Crippen molar-refractivity contribution in [2.45, 2.75) is 6.42 Å². The molecule has 1 aromatic heterocycles. The number of carbonyl (C=O) groups excluding carboxylic acids is 1. The van der Waals surface area contributed by atoms with E-state index in [0.717, 1.165) is 5.56 Å². The number of halogens is 1. The summed E-state index contributed by atoms with van der Waals surface area (Å²) < 4.78 is 12.1. The van der Waals surface area contributed by atoms with E-state index in [1.54, 1.807) is 16.2 Å². The highest BCUT2D eigenvalue weighted by Gasteiger charge is 2.30. The van der Waals surface area contributed by atoms with Gasteiger partial charge in [-0.2, -0.15) is 11.3 Å². The van der Waals surface area contributed by atoms with E-state index in [9.17, 15) is 9.18 Å². The van der Waals surface area contributed by atoms with Crippen LogP contribution >= 0.6 is 11.3 Å². The van der Waals surface area contributed by atoms with E-state index in [2.05, 4.69) is 0 Å². The molecule has 0 atom stereocenters. The Labute approximate surface area is 86.3 Å². The van der Waals surface area contributed by atoms with Gasteiger partial charge in [-0.05, 0) is 22.4 Å². The molecule has 1 aliphatic rings. The molecule has 0 saturated carbocycles. The van der Waals surface area contributed by atoms with Gasteiger partial charge in [-0.15, -0.1) is 0 Å². The Bertz CT molecular complexity index is 306. The highest BCUT2D eigenvalue weighted by molar-refractivity contribution is 7.07. The molecule has 2 rings (SSSR count). The lowest BCUT2D eigenvalue weighted by atomic mass is 10.0. The molecule has 1 aliphatic heterocycles. The third-order valence-corrected chi connectivity index (χ3v) is 3.20. The number of hydrogen-bond donors (Lipinski definition) is 0. The first-order chi connectivity index (χ1) is 6.79. The maximum atomic E-state index is 12.1. The summed E-state index contributed by atoms with van der Waals surface area (Å²) >= 11 is 1.59. The van der Waals surface area contributed by atoms with Crippen molar-refractivity contribution in [3.05, 3.63) is 22.4 Å². The van der Waals surface area contributed by atoms with Crippen LogP contribution in [0.2, 0.25) is 0 Å². The van der Waals surface area contributed by atoms with Crippen molar-refractivity contribution in [3.8, 4) is 0 Å². The third kappa shape index (κ3) is 1.95. The molecule has 2 heterocycles. The zero-order valence-electron chi connectivity index (χ0n) is 7.78. The van der Waals surface area contributed by atoms with Gasteiger partial charge in [-0.3, -0.25) is 9.18 Å². The zero-order chi connectivity index (χ0) is 9.97. The molecule has 2 nitrogen and oxygen atoms in total. The minimum Gasteiger partial charge on any atom is -0.342 e. The van der Waals surface area contributed by atoms with E-state index in [1.807, 2.05) is 16.8 Å². The van der Waals surface area contributed by atoms with Crippen LogP contribution in [-0.2, 0) is 11.2 Å². The quantitative estimate of drug-likeness (QED) is 0.748. The van der Waals surface area contributed by atoms with Crippen LogP contribution in [0.15, 0.2) is 16.8 Å². The maximum Gasteiger partial charge on any atom is 0.227 e. The number of hydrogen-bond acceptors (Lipinski definition) is 2. The molecular weight excluding hydrogens is 201 g/mol. The van der Waals surface area contributed by atoms with Gasteiger partial charge in [0.2, 0.25) is 5.91 Å². The first-order valence-electron chi connectivity index (χ1n) is 4.64. The molecule has 1 aromatic rings. The summed E-state index contributed by atoms with van der Waals surface area (Å²) in [6, 6.07) is 1.95. The van der Waals surface area contributed by atoms with E-state index >= 15 is 0 Å². The van der Waals surface area contributed by atoms with Gasteiger partial charge >= 0.3 is 0 Å². The predicted octanol–water partition coefficient (Wildman–Crippen LogP) is 1.72. The number of nitrogens with zero attached hydrogens (tertiary/aromatic N) is 1. The summed E-state index contributed by atoms with van der Waals surface area (Å²) in [5.41, 5.74) is 1.06. The fourth-order valence-corrected chi connectivity index (χ4v) is 2.22. The number of amides is 1. The summed E-state index contributed by atoms with van der Waals surface area (Å²) in [5, 5.41) is 3.94. The van der Waals surface area contributed by atoms with Crippen LogP contribution in [0.3, 0.4) is 0 Å². The fourth-order valence-electron chi connectivity index (χ4n) is 1.55. The van der Waals surface area contributed by atoms with Crippen LogP contribution < -0.4 is 0 Å². The molecular formula is C10H12FNOS. The van der Waals surface area contributed by atoms with Gasteiger partial charge in [0.1, 0.15) is 0 Å². The number of likely N-dealkylation sites (tertiary alicyclic amines) is 1. The lowest BCUT2D eigenvalue weighted by Crippen LogP contribution is -2.51. The topological polar surface area (TPSA) is 20.3 Å².